The van der Waals surface area contributed by atoms with Crippen molar-refractivity contribution >= 4 is 11.7 Å². The molecule has 0 radical (unpaired) electrons. The summed E-state index contributed by atoms with van der Waals surface area (Å²) in [5.74, 6) is 0.865. The second-order valence-corrected chi connectivity index (χ2v) is 5.13. The van der Waals surface area contributed by atoms with E-state index in [1.807, 2.05) is 20.9 Å². The van der Waals surface area contributed by atoms with Gasteiger partial charge in [-0.15, -0.1) is 0 Å². The first-order valence-corrected chi connectivity index (χ1v) is 6.25. The fourth-order valence-electron chi connectivity index (χ4n) is 2.71. The molecule has 0 aromatic carbocycles. The Bertz CT molecular complexity index is 465. The van der Waals surface area contributed by atoms with E-state index in [1.165, 1.54) is 0 Å². The van der Waals surface area contributed by atoms with Crippen molar-refractivity contribution in [2.24, 2.45) is 24.4 Å². The zero-order chi connectivity index (χ0) is 13.4. The number of nitrogens with zero attached hydrogens (tertiary/aromatic N) is 3. The summed E-state index contributed by atoms with van der Waals surface area (Å²) in [6.45, 7) is 5.59. The second-order valence-electron chi connectivity index (χ2n) is 5.13. The van der Waals surface area contributed by atoms with Crippen molar-refractivity contribution in [1.82, 2.24) is 9.78 Å². The molecular formula is C12H21N5O. The van der Waals surface area contributed by atoms with E-state index in [0.717, 1.165) is 25.3 Å². The third-order valence-corrected chi connectivity index (χ3v) is 3.71. The van der Waals surface area contributed by atoms with Gasteiger partial charge in [-0.2, -0.15) is 5.10 Å². The van der Waals surface area contributed by atoms with Crippen molar-refractivity contribution in [2.45, 2.75) is 26.3 Å². The fraction of sp³-hybridized carbons (Fsp3) is 0.667. The molecule has 18 heavy (non-hydrogen) atoms. The number of anilines is 1. The number of primary amides is 1. The van der Waals surface area contributed by atoms with Gasteiger partial charge < -0.3 is 16.4 Å². The van der Waals surface area contributed by atoms with Crippen LogP contribution in [0.15, 0.2) is 0 Å². The summed E-state index contributed by atoms with van der Waals surface area (Å²) in [6.07, 6.45) is 1.04. The molecule has 1 saturated heterocycles. The molecule has 0 bridgehead atoms. The van der Waals surface area contributed by atoms with Gasteiger partial charge in [-0.3, -0.25) is 9.48 Å². The van der Waals surface area contributed by atoms with Crippen molar-refractivity contribution < 1.29 is 4.79 Å². The minimum absolute atomic E-state index is 0.168. The molecular weight excluding hydrogens is 230 g/mol. The first-order chi connectivity index (χ1) is 8.41. The molecule has 1 aromatic rings. The number of amides is 1. The van der Waals surface area contributed by atoms with Crippen LogP contribution in [0.1, 0.15) is 29.4 Å². The first-order valence-electron chi connectivity index (χ1n) is 6.25. The van der Waals surface area contributed by atoms with Crippen molar-refractivity contribution in [3.63, 3.8) is 0 Å². The molecule has 0 spiro atoms. The Morgan fingerprint density at radius 2 is 2.22 bits per heavy atom. The van der Waals surface area contributed by atoms with Crippen LogP contribution in [0.2, 0.25) is 0 Å². The Morgan fingerprint density at radius 1 is 1.56 bits per heavy atom. The van der Waals surface area contributed by atoms with E-state index in [1.54, 1.807) is 4.68 Å². The van der Waals surface area contributed by atoms with Gasteiger partial charge in [0, 0.05) is 26.2 Å². The highest BCUT2D eigenvalue weighted by Crippen LogP contribution is 2.29. The SMILES string of the molecule is Cc1nn(C)c(N2CCC(C(C)N)C2)c1C(N)=O. The average molecular weight is 251 g/mol. The Hall–Kier alpha value is -1.56. The van der Waals surface area contributed by atoms with E-state index in [4.69, 9.17) is 11.5 Å². The monoisotopic (exact) mass is 251 g/mol. The highest BCUT2D eigenvalue weighted by Gasteiger charge is 2.30. The third-order valence-electron chi connectivity index (χ3n) is 3.71. The predicted molar refractivity (Wildman–Crippen MR) is 70.4 cm³/mol. The van der Waals surface area contributed by atoms with Gasteiger partial charge in [-0.25, -0.2) is 0 Å². The molecule has 0 aliphatic carbocycles. The van der Waals surface area contributed by atoms with Crippen LogP contribution in [0.25, 0.3) is 0 Å². The molecule has 100 valence electrons. The lowest BCUT2D eigenvalue weighted by Gasteiger charge is -2.20. The van der Waals surface area contributed by atoms with E-state index < -0.39 is 5.91 Å². The summed E-state index contributed by atoms with van der Waals surface area (Å²) in [7, 11) is 1.84. The highest BCUT2D eigenvalue weighted by molar-refractivity contribution is 5.99. The third kappa shape index (κ3) is 2.08. The van der Waals surface area contributed by atoms with Gasteiger partial charge in [0.05, 0.1) is 5.69 Å². The zero-order valence-corrected chi connectivity index (χ0v) is 11.2. The van der Waals surface area contributed by atoms with Crippen LogP contribution < -0.4 is 16.4 Å². The lowest BCUT2D eigenvalue weighted by Crippen LogP contribution is -2.31. The topological polar surface area (TPSA) is 90.2 Å². The maximum absolute atomic E-state index is 11.5. The fourth-order valence-corrected chi connectivity index (χ4v) is 2.71. The largest absolute Gasteiger partial charge is 0.365 e. The Morgan fingerprint density at radius 3 is 2.72 bits per heavy atom. The van der Waals surface area contributed by atoms with Gasteiger partial charge in [0.15, 0.2) is 0 Å². The Balaban J connectivity index is 2.32. The van der Waals surface area contributed by atoms with E-state index in [-0.39, 0.29) is 6.04 Å². The van der Waals surface area contributed by atoms with Gasteiger partial charge >= 0.3 is 0 Å². The molecule has 2 rings (SSSR count). The molecule has 0 saturated carbocycles. The lowest BCUT2D eigenvalue weighted by atomic mass is 10.0. The van der Waals surface area contributed by atoms with Crippen LogP contribution in [0.4, 0.5) is 5.82 Å². The Kier molecular flexibility index (Phi) is 3.30. The van der Waals surface area contributed by atoms with Crippen LogP contribution in [-0.2, 0) is 7.05 Å². The van der Waals surface area contributed by atoms with E-state index in [2.05, 4.69) is 10.00 Å². The summed E-state index contributed by atoms with van der Waals surface area (Å²) in [5.41, 5.74) is 12.6. The summed E-state index contributed by atoms with van der Waals surface area (Å²) < 4.78 is 1.74. The highest BCUT2D eigenvalue weighted by atomic mass is 16.1. The van der Waals surface area contributed by atoms with Crippen LogP contribution in [0, 0.1) is 12.8 Å². The van der Waals surface area contributed by atoms with Crippen LogP contribution in [0.5, 0.6) is 0 Å². The van der Waals surface area contributed by atoms with Crippen LogP contribution in [-0.4, -0.2) is 34.8 Å². The van der Waals surface area contributed by atoms with E-state index >= 15 is 0 Å². The number of carbonyl (C=O) groups excluding carboxylic acids is 1. The van der Waals surface area contributed by atoms with Crippen LogP contribution >= 0.6 is 0 Å². The van der Waals surface area contributed by atoms with E-state index in [9.17, 15) is 4.79 Å². The van der Waals surface area contributed by atoms with E-state index in [0.29, 0.717) is 17.2 Å². The van der Waals surface area contributed by atoms with Gasteiger partial charge in [0.1, 0.15) is 11.4 Å². The molecule has 2 atom stereocenters. The van der Waals surface area contributed by atoms with Crippen molar-refractivity contribution in [3.8, 4) is 0 Å². The number of carbonyl (C=O) groups is 1. The summed E-state index contributed by atoms with van der Waals surface area (Å²) >= 11 is 0. The standard InChI is InChI=1S/C12H21N5O/c1-7(13)9-4-5-17(6-9)12-10(11(14)18)8(2)15-16(12)3/h7,9H,4-6,13H2,1-3H3,(H2,14,18). The number of hydrogen-bond donors (Lipinski definition) is 2. The van der Waals surface area contributed by atoms with Crippen molar-refractivity contribution in [1.29, 1.82) is 0 Å². The molecule has 1 aromatic heterocycles. The first kappa shape index (κ1) is 12.9. The maximum Gasteiger partial charge on any atom is 0.254 e. The quantitative estimate of drug-likeness (QED) is 0.791. The molecule has 1 amide bonds. The van der Waals surface area contributed by atoms with Gasteiger partial charge in [-0.05, 0) is 26.2 Å². The number of aromatic nitrogens is 2. The summed E-state index contributed by atoms with van der Waals surface area (Å²) in [5, 5.41) is 4.29. The molecule has 1 aliphatic rings. The number of nitrogens with two attached hydrogens (primary N) is 2. The average Bonchev–Trinajstić information content (AvgIpc) is 2.81. The Labute approximate surface area is 107 Å². The number of hydrogen-bond acceptors (Lipinski definition) is 4. The minimum atomic E-state index is -0.417. The number of aryl methyl sites for hydroxylation is 2. The molecule has 6 heteroatoms. The molecule has 4 N–H and O–H groups in total. The zero-order valence-electron chi connectivity index (χ0n) is 11.2. The van der Waals surface area contributed by atoms with Gasteiger partial charge in [0.25, 0.3) is 5.91 Å². The summed E-state index contributed by atoms with van der Waals surface area (Å²) in [4.78, 5) is 13.7. The molecule has 2 heterocycles. The van der Waals surface area contributed by atoms with Crippen LogP contribution in [0.3, 0.4) is 0 Å². The molecule has 1 fully saturated rings. The van der Waals surface area contributed by atoms with Crippen molar-refractivity contribution in [2.75, 3.05) is 18.0 Å². The summed E-state index contributed by atoms with van der Waals surface area (Å²) in [6, 6.07) is 0.168. The predicted octanol–water partition coefficient (Wildman–Crippen LogP) is 0.000920. The molecule has 2 unspecified atom stereocenters. The van der Waals surface area contributed by atoms with Crippen molar-refractivity contribution in [3.05, 3.63) is 11.3 Å². The molecule has 1 aliphatic heterocycles. The minimum Gasteiger partial charge on any atom is -0.365 e. The normalized spacial score (nSPS) is 21.3. The molecule has 6 nitrogen and oxygen atoms in total. The van der Waals surface area contributed by atoms with Gasteiger partial charge in [-0.1, -0.05) is 0 Å². The smallest absolute Gasteiger partial charge is 0.254 e. The lowest BCUT2D eigenvalue weighted by molar-refractivity contribution is 0.1000. The number of rotatable bonds is 3. The van der Waals surface area contributed by atoms with Gasteiger partial charge in [0.2, 0.25) is 0 Å². The maximum atomic E-state index is 11.5. The second kappa shape index (κ2) is 4.61.